The smallest absolute Gasteiger partial charge is 0.304 e. The zero-order chi connectivity index (χ0) is 14.8. The Morgan fingerprint density at radius 3 is 2.53 bits per heavy atom. The van der Waals surface area contributed by atoms with Crippen molar-refractivity contribution >= 4 is 31.9 Å². The molecule has 10 heteroatoms. The number of hydrogen-bond donors (Lipinski definition) is 1. The van der Waals surface area contributed by atoms with Gasteiger partial charge in [-0.05, 0) is 22.9 Å². The molecule has 1 N–H and O–H groups in total. The van der Waals surface area contributed by atoms with E-state index in [9.17, 15) is 13.2 Å². The first-order valence-corrected chi connectivity index (χ1v) is 7.73. The van der Waals surface area contributed by atoms with Gasteiger partial charge in [-0.1, -0.05) is 12.1 Å². The molecule has 0 aromatic carbocycles. The number of carboxylic acid groups (broad SMARTS) is 1. The van der Waals surface area contributed by atoms with Crippen LogP contribution in [-0.2, 0) is 21.9 Å². The second-order valence-corrected chi connectivity index (χ2v) is 6.52. The average molecular weight is 355 g/mol. The molecule has 0 amide bonds. The predicted octanol–water partition coefficient (Wildman–Crippen LogP) is 0.451. The second kappa shape index (κ2) is 5.97. The van der Waals surface area contributed by atoms with E-state index in [1.54, 1.807) is 13.8 Å². The summed E-state index contributed by atoms with van der Waals surface area (Å²) in [6.45, 7) is 3.36. The molecule has 1 heterocycles. The first kappa shape index (κ1) is 16.1. The van der Waals surface area contributed by atoms with Crippen molar-refractivity contribution in [2.75, 3.05) is 6.54 Å². The Labute approximate surface area is 119 Å². The number of carbonyl (C=O) groups is 1. The van der Waals surface area contributed by atoms with Crippen molar-refractivity contribution in [2.45, 2.75) is 31.3 Å². The van der Waals surface area contributed by atoms with Gasteiger partial charge in [0.1, 0.15) is 0 Å². The van der Waals surface area contributed by atoms with Crippen molar-refractivity contribution < 1.29 is 18.3 Å². The van der Waals surface area contributed by atoms with E-state index in [4.69, 9.17) is 5.11 Å². The quantitative estimate of drug-likeness (QED) is 0.794. The molecule has 1 aromatic rings. The monoisotopic (exact) mass is 354 g/mol. The number of aromatic nitrogens is 3. The summed E-state index contributed by atoms with van der Waals surface area (Å²) in [5, 5.41) is 15.9. The van der Waals surface area contributed by atoms with Crippen molar-refractivity contribution in [1.29, 1.82) is 0 Å². The van der Waals surface area contributed by atoms with E-state index in [0.29, 0.717) is 0 Å². The van der Waals surface area contributed by atoms with E-state index in [0.717, 1.165) is 8.99 Å². The maximum atomic E-state index is 12.5. The fourth-order valence-electron chi connectivity index (χ4n) is 1.78. The van der Waals surface area contributed by atoms with Gasteiger partial charge in [-0.2, -0.15) is 4.31 Å². The molecule has 0 radical (unpaired) electrons. The highest BCUT2D eigenvalue weighted by molar-refractivity contribution is 9.10. The van der Waals surface area contributed by atoms with Gasteiger partial charge in [0.15, 0.2) is 4.60 Å². The molecule has 0 aliphatic rings. The van der Waals surface area contributed by atoms with Crippen LogP contribution in [0.3, 0.4) is 0 Å². The number of carboxylic acids is 1. The van der Waals surface area contributed by atoms with E-state index in [1.807, 2.05) is 0 Å². The Bertz CT molecular complexity index is 551. The van der Waals surface area contributed by atoms with Gasteiger partial charge in [0.05, 0.1) is 6.42 Å². The van der Waals surface area contributed by atoms with Gasteiger partial charge in [-0.25, -0.2) is 13.1 Å². The minimum absolute atomic E-state index is 0.0911. The second-order valence-electron chi connectivity index (χ2n) is 3.96. The molecule has 0 bridgehead atoms. The van der Waals surface area contributed by atoms with Crippen LogP contribution in [0.5, 0.6) is 0 Å². The topological polar surface area (TPSA) is 105 Å². The van der Waals surface area contributed by atoms with Crippen LogP contribution >= 0.6 is 15.9 Å². The van der Waals surface area contributed by atoms with Gasteiger partial charge in [0, 0.05) is 19.6 Å². The Morgan fingerprint density at radius 2 is 2.16 bits per heavy atom. The van der Waals surface area contributed by atoms with Gasteiger partial charge in [0.25, 0.3) is 10.0 Å². The van der Waals surface area contributed by atoms with Crippen LogP contribution in [0, 0.1) is 0 Å². The third kappa shape index (κ3) is 3.31. The van der Waals surface area contributed by atoms with Crippen LogP contribution < -0.4 is 0 Å². The van der Waals surface area contributed by atoms with E-state index in [2.05, 4.69) is 26.2 Å². The molecule has 0 fully saturated rings. The molecule has 0 aliphatic carbocycles. The fraction of sp³-hybridized carbons (Fsp3) is 0.667. The van der Waals surface area contributed by atoms with Gasteiger partial charge >= 0.3 is 5.97 Å². The van der Waals surface area contributed by atoms with Crippen LogP contribution in [0.25, 0.3) is 0 Å². The largest absolute Gasteiger partial charge is 0.481 e. The van der Waals surface area contributed by atoms with Crippen molar-refractivity contribution in [3.8, 4) is 0 Å². The molecule has 1 aromatic heterocycles. The summed E-state index contributed by atoms with van der Waals surface area (Å²) in [7, 11) is -2.39. The number of aryl methyl sites for hydroxylation is 1. The summed E-state index contributed by atoms with van der Waals surface area (Å²) in [6.07, 6.45) is -0.268. The Kier molecular flexibility index (Phi) is 5.04. The average Bonchev–Trinajstić information content (AvgIpc) is 2.58. The summed E-state index contributed by atoms with van der Waals surface area (Å²) < 4.78 is 27.3. The molecular weight excluding hydrogens is 340 g/mol. The van der Waals surface area contributed by atoms with Gasteiger partial charge < -0.3 is 5.11 Å². The van der Waals surface area contributed by atoms with Crippen LogP contribution in [-0.4, -0.2) is 51.4 Å². The zero-order valence-corrected chi connectivity index (χ0v) is 13.1. The first-order valence-electron chi connectivity index (χ1n) is 5.50. The Balaban J connectivity index is 3.20. The number of sulfonamides is 1. The summed E-state index contributed by atoms with van der Waals surface area (Å²) in [4.78, 5) is 10.7. The van der Waals surface area contributed by atoms with E-state index in [-0.39, 0.29) is 22.6 Å². The molecule has 1 rings (SSSR count). The Morgan fingerprint density at radius 1 is 1.58 bits per heavy atom. The molecule has 108 valence electrons. The van der Waals surface area contributed by atoms with Gasteiger partial charge in [-0.3, -0.25) is 4.79 Å². The van der Waals surface area contributed by atoms with Crippen molar-refractivity contribution in [2.24, 2.45) is 7.05 Å². The lowest BCUT2D eigenvalue weighted by Gasteiger charge is -2.25. The Hall–Kier alpha value is -1.00. The summed E-state index contributed by atoms with van der Waals surface area (Å²) >= 11 is 3.03. The molecule has 0 saturated carbocycles. The van der Waals surface area contributed by atoms with Crippen molar-refractivity contribution in [1.82, 2.24) is 19.3 Å². The van der Waals surface area contributed by atoms with Crippen molar-refractivity contribution in [3.05, 3.63) is 4.60 Å². The van der Waals surface area contributed by atoms with Gasteiger partial charge in [0.2, 0.25) is 5.03 Å². The minimum Gasteiger partial charge on any atom is -0.481 e. The molecule has 19 heavy (non-hydrogen) atoms. The molecular formula is C9H15BrN4O4S. The van der Waals surface area contributed by atoms with E-state index in [1.165, 1.54) is 7.05 Å². The van der Waals surface area contributed by atoms with Crippen LogP contribution in [0.2, 0.25) is 0 Å². The molecule has 1 atom stereocenters. The molecule has 0 saturated heterocycles. The lowest BCUT2D eigenvalue weighted by Crippen LogP contribution is -2.40. The molecule has 8 nitrogen and oxygen atoms in total. The van der Waals surface area contributed by atoms with Crippen molar-refractivity contribution in [3.63, 3.8) is 0 Å². The standard InChI is InChI=1S/C9H15BrN4O4S/c1-4-14(6(2)5-7(15)16)19(17,18)9-8(10)11-12-13(9)3/h6H,4-5H2,1-3H3,(H,15,16). The number of nitrogens with zero attached hydrogens (tertiary/aromatic N) is 4. The van der Waals surface area contributed by atoms with Crippen LogP contribution in [0.15, 0.2) is 9.63 Å². The lowest BCUT2D eigenvalue weighted by atomic mass is 10.2. The molecule has 0 aliphatic heterocycles. The summed E-state index contributed by atoms with van der Waals surface area (Å²) in [6, 6.07) is -0.658. The summed E-state index contributed by atoms with van der Waals surface area (Å²) in [5.41, 5.74) is 0. The highest BCUT2D eigenvalue weighted by Crippen LogP contribution is 2.24. The highest BCUT2D eigenvalue weighted by Gasteiger charge is 2.33. The maximum absolute atomic E-state index is 12.5. The summed E-state index contributed by atoms with van der Waals surface area (Å²) in [5.74, 6) is -1.05. The normalized spacial score (nSPS) is 13.7. The predicted molar refractivity (Wildman–Crippen MR) is 70.0 cm³/mol. The number of rotatable bonds is 6. The minimum atomic E-state index is -3.85. The highest BCUT2D eigenvalue weighted by atomic mass is 79.9. The van der Waals surface area contributed by atoms with Gasteiger partial charge in [-0.15, -0.1) is 5.10 Å². The lowest BCUT2D eigenvalue weighted by molar-refractivity contribution is -0.137. The van der Waals surface area contributed by atoms with E-state index < -0.39 is 22.0 Å². The third-order valence-electron chi connectivity index (χ3n) is 2.56. The van der Waals surface area contributed by atoms with Crippen LogP contribution in [0.1, 0.15) is 20.3 Å². The maximum Gasteiger partial charge on any atom is 0.304 e. The number of halogens is 1. The molecule has 0 spiro atoms. The number of aliphatic carboxylic acids is 1. The fourth-order valence-corrected chi connectivity index (χ4v) is 4.46. The first-order chi connectivity index (χ1) is 8.71. The number of hydrogen-bond acceptors (Lipinski definition) is 5. The SMILES string of the molecule is CCN(C(C)CC(=O)O)S(=O)(=O)c1c(Br)nnn1C. The third-order valence-corrected chi connectivity index (χ3v) is 5.54. The van der Waals surface area contributed by atoms with E-state index >= 15 is 0 Å². The van der Waals surface area contributed by atoms with Crippen LogP contribution in [0.4, 0.5) is 0 Å². The zero-order valence-electron chi connectivity index (χ0n) is 10.7. The molecule has 1 unspecified atom stereocenters.